The first-order chi connectivity index (χ1) is 16.2. The van der Waals surface area contributed by atoms with Gasteiger partial charge in [-0.2, -0.15) is 13.2 Å². The summed E-state index contributed by atoms with van der Waals surface area (Å²) in [5.41, 5.74) is 0.876. The van der Waals surface area contributed by atoms with Crippen LogP contribution in [0.5, 0.6) is 5.19 Å². The zero-order chi connectivity index (χ0) is 24.1. The number of amides is 1. The van der Waals surface area contributed by atoms with Gasteiger partial charge in [0.2, 0.25) is 11.8 Å². The van der Waals surface area contributed by atoms with Gasteiger partial charge in [-0.3, -0.25) is 4.79 Å². The number of hydrogen-bond acceptors (Lipinski definition) is 7. The third kappa shape index (κ3) is 7.43. The van der Waals surface area contributed by atoms with Crippen molar-refractivity contribution in [2.75, 3.05) is 26.2 Å². The van der Waals surface area contributed by atoms with Crippen molar-refractivity contribution in [2.45, 2.75) is 70.5 Å². The Bertz CT molecular complexity index is 928. The van der Waals surface area contributed by atoms with Gasteiger partial charge in [0.25, 0.3) is 5.19 Å². The van der Waals surface area contributed by atoms with Crippen LogP contribution in [0.25, 0.3) is 0 Å². The van der Waals surface area contributed by atoms with Gasteiger partial charge in [0, 0.05) is 30.4 Å². The van der Waals surface area contributed by atoms with E-state index in [0.29, 0.717) is 17.6 Å². The van der Waals surface area contributed by atoms with E-state index < -0.39 is 12.8 Å². The number of alkyl halides is 3. The van der Waals surface area contributed by atoms with Crippen LogP contribution in [-0.2, 0) is 24.1 Å². The van der Waals surface area contributed by atoms with Gasteiger partial charge in [-0.1, -0.05) is 11.3 Å². The predicted molar refractivity (Wildman–Crippen MR) is 121 cm³/mol. The molecule has 2 aliphatic rings. The molecule has 188 valence electrons. The lowest BCUT2D eigenvalue weighted by Crippen LogP contribution is -2.39. The zero-order valence-electron chi connectivity index (χ0n) is 19.3. The molecule has 11 heteroatoms. The number of aryl methyl sites for hydroxylation is 1. The molecule has 1 fully saturated rings. The fourth-order valence-electron chi connectivity index (χ4n) is 4.67. The number of fused-ring (bicyclic) bond motifs is 1. The number of rotatable bonds is 8. The van der Waals surface area contributed by atoms with Gasteiger partial charge in [0.15, 0.2) is 6.61 Å². The lowest BCUT2D eigenvalue weighted by molar-refractivity contribution is -0.153. The minimum absolute atomic E-state index is 0.0390. The van der Waals surface area contributed by atoms with E-state index in [4.69, 9.17) is 9.15 Å². The van der Waals surface area contributed by atoms with Crippen molar-refractivity contribution >= 4 is 17.2 Å². The summed E-state index contributed by atoms with van der Waals surface area (Å²) in [5.74, 6) is 1.78. The number of oxazole rings is 1. The summed E-state index contributed by atoms with van der Waals surface area (Å²) >= 11 is 1.24. The number of carbonyl (C=O) groups is 1. The van der Waals surface area contributed by atoms with Crippen molar-refractivity contribution in [1.82, 2.24) is 20.2 Å². The van der Waals surface area contributed by atoms with Crippen LogP contribution in [0.15, 0.2) is 10.6 Å². The molecule has 1 aliphatic carbocycles. The van der Waals surface area contributed by atoms with Crippen LogP contribution in [0.3, 0.4) is 0 Å². The quantitative estimate of drug-likeness (QED) is 0.588. The second-order valence-corrected chi connectivity index (χ2v) is 10.3. The number of halogens is 3. The number of nitrogens with zero attached hydrogens (tertiary/aromatic N) is 3. The fraction of sp³-hybridized carbons (Fsp3) is 0.696. The van der Waals surface area contributed by atoms with Gasteiger partial charge in [0.05, 0.1) is 11.9 Å². The summed E-state index contributed by atoms with van der Waals surface area (Å²) in [7, 11) is 0. The second kappa shape index (κ2) is 11.1. The SMILES string of the molecule is Cc1cnc(CC(=O)N[C@H]2CC[C@H](CCN3CCc4nc(OCC(F)(F)F)sc4CC3)CC2)o1. The first kappa shape index (κ1) is 25.0. The summed E-state index contributed by atoms with van der Waals surface area (Å²) in [6.45, 7) is 3.28. The van der Waals surface area contributed by atoms with Gasteiger partial charge in [0.1, 0.15) is 12.2 Å². The highest BCUT2D eigenvalue weighted by molar-refractivity contribution is 7.13. The standard InChI is InChI=1S/C23H31F3N4O3S/c1-15-13-27-21(33-15)12-20(31)28-17-4-2-16(3-5-17)6-9-30-10-7-18-19(8-11-30)34-22(29-18)32-14-23(24,25)26/h13,16-17H,2-12,14H2,1H3,(H,28,31)/t16-,17-. The average molecular weight is 501 g/mol. The number of aromatic nitrogens is 2. The Hall–Kier alpha value is -2.14. The molecule has 34 heavy (non-hydrogen) atoms. The topological polar surface area (TPSA) is 80.5 Å². The summed E-state index contributed by atoms with van der Waals surface area (Å²) in [6.07, 6.45) is 4.30. The molecule has 0 unspecified atom stereocenters. The highest BCUT2D eigenvalue weighted by atomic mass is 32.1. The molecule has 3 heterocycles. The van der Waals surface area contributed by atoms with Crippen molar-refractivity contribution < 1.29 is 27.1 Å². The Morgan fingerprint density at radius 2 is 2.03 bits per heavy atom. The molecular weight excluding hydrogens is 469 g/mol. The van der Waals surface area contributed by atoms with Crippen LogP contribution in [0, 0.1) is 12.8 Å². The second-order valence-electron chi connectivity index (χ2n) is 9.21. The highest BCUT2D eigenvalue weighted by Crippen LogP contribution is 2.31. The summed E-state index contributed by atoms with van der Waals surface area (Å²) in [4.78, 5) is 24.1. The maximum Gasteiger partial charge on any atom is 0.422 e. The van der Waals surface area contributed by atoms with E-state index in [-0.39, 0.29) is 23.6 Å². The average Bonchev–Trinajstić information content (AvgIpc) is 3.32. The third-order valence-corrected chi connectivity index (χ3v) is 7.55. The molecule has 1 saturated carbocycles. The number of thiazole rings is 1. The van der Waals surface area contributed by atoms with Crippen molar-refractivity contribution in [3.05, 3.63) is 28.4 Å². The van der Waals surface area contributed by atoms with E-state index in [1.165, 1.54) is 11.3 Å². The van der Waals surface area contributed by atoms with Crippen molar-refractivity contribution in [3.63, 3.8) is 0 Å². The first-order valence-electron chi connectivity index (χ1n) is 11.8. The van der Waals surface area contributed by atoms with Gasteiger partial charge in [-0.15, -0.1) is 0 Å². The molecule has 2 aromatic heterocycles. The molecule has 1 amide bonds. The molecule has 4 rings (SSSR count). The van der Waals surface area contributed by atoms with E-state index in [0.717, 1.165) is 75.2 Å². The molecule has 0 bridgehead atoms. The van der Waals surface area contributed by atoms with Crippen molar-refractivity contribution in [3.8, 4) is 5.19 Å². The lowest BCUT2D eigenvalue weighted by atomic mass is 9.84. The predicted octanol–water partition coefficient (Wildman–Crippen LogP) is 4.09. The number of carbonyl (C=O) groups excluding carboxylic acids is 1. The van der Waals surface area contributed by atoms with Crippen molar-refractivity contribution in [1.29, 1.82) is 0 Å². The van der Waals surface area contributed by atoms with E-state index in [9.17, 15) is 18.0 Å². The van der Waals surface area contributed by atoms with Gasteiger partial charge >= 0.3 is 6.18 Å². The normalized spacial score (nSPS) is 21.6. The number of nitrogens with one attached hydrogen (secondary N) is 1. The summed E-state index contributed by atoms with van der Waals surface area (Å²) in [6, 6.07) is 0.216. The third-order valence-electron chi connectivity index (χ3n) is 6.48. The molecule has 0 atom stereocenters. The molecule has 0 radical (unpaired) electrons. The number of hydrogen-bond donors (Lipinski definition) is 1. The minimum atomic E-state index is -4.35. The fourth-order valence-corrected chi connectivity index (χ4v) is 5.62. The molecule has 7 nitrogen and oxygen atoms in total. The van der Waals surface area contributed by atoms with E-state index >= 15 is 0 Å². The zero-order valence-corrected chi connectivity index (χ0v) is 20.1. The van der Waals surface area contributed by atoms with Gasteiger partial charge in [-0.25, -0.2) is 9.97 Å². The minimum Gasteiger partial charge on any atom is -0.460 e. The maximum absolute atomic E-state index is 12.4. The molecule has 1 N–H and O–H groups in total. The lowest BCUT2D eigenvalue weighted by Gasteiger charge is -2.30. The Labute approximate surface area is 201 Å². The molecule has 0 spiro atoms. The Morgan fingerprint density at radius 1 is 1.26 bits per heavy atom. The van der Waals surface area contributed by atoms with Crippen LogP contribution in [0.4, 0.5) is 13.2 Å². The maximum atomic E-state index is 12.4. The first-order valence-corrected chi connectivity index (χ1v) is 12.7. The smallest absolute Gasteiger partial charge is 0.422 e. The molecule has 0 saturated heterocycles. The Morgan fingerprint density at radius 3 is 2.74 bits per heavy atom. The summed E-state index contributed by atoms with van der Waals surface area (Å²) in [5, 5.41) is 3.23. The van der Waals surface area contributed by atoms with Gasteiger partial charge < -0.3 is 19.4 Å². The van der Waals surface area contributed by atoms with Crippen molar-refractivity contribution in [2.24, 2.45) is 5.92 Å². The largest absolute Gasteiger partial charge is 0.460 e. The molecule has 0 aromatic carbocycles. The van der Waals surface area contributed by atoms with E-state index in [2.05, 4.69) is 20.2 Å². The Balaban J connectivity index is 1.13. The van der Waals surface area contributed by atoms with Crippen LogP contribution < -0.4 is 10.1 Å². The summed E-state index contributed by atoms with van der Waals surface area (Å²) < 4.78 is 47.3. The van der Waals surface area contributed by atoms with Crippen LogP contribution >= 0.6 is 11.3 Å². The molecular formula is C23H31F3N4O3S. The van der Waals surface area contributed by atoms with Crippen LogP contribution in [-0.4, -0.2) is 59.2 Å². The monoisotopic (exact) mass is 500 g/mol. The van der Waals surface area contributed by atoms with E-state index in [1.54, 1.807) is 6.20 Å². The van der Waals surface area contributed by atoms with Crippen LogP contribution in [0.2, 0.25) is 0 Å². The molecule has 2 aromatic rings. The van der Waals surface area contributed by atoms with Gasteiger partial charge in [-0.05, 0) is 57.9 Å². The number of ether oxygens (including phenoxy) is 1. The van der Waals surface area contributed by atoms with Crippen LogP contribution in [0.1, 0.15) is 54.3 Å². The Kier molecular flexibility index (Phi) is 8.13. The highest BCUT2D eigenvalue weighted by Gasteiger charge is 2.30. The van der Waals surface area contributed by atoms with E-state index in [1.807, 2.05) is 6.92 Å². The molecule has 1 aliphatic heterocycles.